The maximum absolute atomic E-state index is 11.7. The molecule has 1 aromatic carbocycles. The van der Waals surface area contributed by atoms with E-state index < -0.39 is 0 Å². The van der Waals surface area contributed by atoms with Crippen LogP contribution in [0.25, 0.3) is 0 Å². The van der Waals surface area contributed by atoms with Crippen LogP contribution < -0.4 is 15.4 Å². The zero-order valence-electron chi connectivity index (χ0n) is 11.4. The van der Waals surface area contributed by atoms with Gasteiger partial charge in [-0.25, -0.2) is 4.79 Å². The predicted molar refractivity (Wildman–Crippen MR) is 73.3 cm³/mol. The van der Waals surface area contributed by atoms with Crippen molar-refractivity contribution in [3.05, 3.63) is 23.8 Å². The van der Waals surface area contributed by atoms with Crippen LogP contribution in [-0.2, 0) is 0 Å². The number of nitrogens with zero attached hydrogens (tertiary/aromatic N) is 1. The second kappa shape index (κ2) is 6.86. The fourth-order valence-electron chi connectivity index (χ4n) is 1.48. The van der Waals surface area contributed by atoms with Crippen LogP contribution in [0.4, 0.5) is 10.5 Å². The van der Waals surface area contributed by atoms with E-state index in [-0.39, 0.29) is 6.03 Å². The van der Waals surface area contributed by atoms with Gasteiger partial charge in [0, 0.05) is 13.1 Å². The Balaban J connectivity index is 2.55. The maximum Gasteiger partial charge on any atom is 0.319 e. The van der Waals surface area contributed by atoms with E-state index >= 15 is 0 Å². The lowest BCUT2D eigenvalue weighted by Gasteiger charge is -2.13. The van der Waals surface area contributed by atoms with Crippen molar-refractivity contribution in [2.24, 2.45) is 0 Å². The maximum atomic E-state index is 11.7. The number of likely N-dealkylation sites (N-methyl/N-ethyl adjacent to an activating group) is 1. The van der Waals surface area contributed by atoms with Crippen molar-refractivity contribution >= 4 is 11.7 Å². The summed E-state index contributed by atoms with van der Waals surface area (Å²) >= 11 is 0. The number of urea groups is 1. The molecule has 1 rings (SSSR count). The average molecular weight is 251 g/mol. The highest BCUT2D eigenvalue weighted by Crippen LogP contribution is 2.24. The molecule has 0 radical (unpaired) electrons. The summed E-state index contributed by atoms with van der Waals surface area (Å²) in [5.41, 5.74) is 1.75. The van der Waals surface area contributed by atoms with Gasteiger partial charge in [0.1, 0.15) is 5.75 Å². The third-order valence-electron chi connectivity index (χ3n) is 2.45. The van der Waals surface area contributed by atoms with Crippen LogP contribution in [-0.4, -0.2) is 45.2 Å². The van der Waals surface area contributed by atoms with Gasteiger partial charge < -0.3 is 20.3 Å². The minimum atomic E-state index is -0.222. The number of hydrogen-bond donors (Lipinski definition) is 2. The van der Waals surface area contributed by atoms with E-state index in [4.69, 9.17) is 4.74 Å². The summed E-state index contributed by atoms with van der Waals surface area (Å²) in [4.78, 5) is 13.7. The largest absolute Gasteiger partial charge is 0.495 e. The van der Waals surface area contributed by atoms with Crippen LogP contribution in [0.1, 0.15) is 5.56 Å². The molecule has 100 valence electrons. The van der Waals surface area contributed by atoms with Gasteiger partial charge in [-0.15, -0.1) is 0 Å². The third-order valence-corrected chi connectivity index (χ3v) is 2.45. The van der Waals surface area contributed by atoms with Gasteiger partial charge in [-0.05, 0) is 38.7 Å². The Hall–Kier alpha value is -1.75. The predicted octanol–water partition coefficient (Wildman–Crippen LogP) is 1.69. The van der Waals surface area contributed by atoms with Gasteiger partial charge in [0.15, 0.2) is 0 Å². The molecule has 0 aliphatic rings. The molecule has 0 spiro atoms. The van der Waals surface area contributed by atoms with E-state index in [1.807, 2.05) is 44.1 Å². The van der Waals surface area contributed by atoms with E-state index in [1.165, 1.54) is 0 Å². The first-order valence-electron chi connectivity index (χ1n) is 5.87. The van der Waals surface area contributed by atoms with Gasteiger partial charge >= 0.3 is 6.03 Å². The molecule has 5 nitrogen and oxygen atoms in total. The lowest BCUT2D eigenvalue weighted by molar-refractivity contribution is 0.250. The number of carbonyl (C=O) groups is 1. The van der Waals surface area contributed by atoms with Crippen molar-refractivity contribution in [3.63, 3.8) is 0 Å². The number of nitrogens with one attached hydrogen (secondary N) is 2. The highest BCUT2D eigenvalue weighted by Gasteiger charge is 2.07. The Morgan fingerprint density at radius 2 is 2.11 bits per heavy atom. The molecule has 5 heteroatoms. The first-order chi connectivity index (χ1) is 8.52. The van der Waals surface area contributed by atoms with Crippen molar-refractivity contribution < 1.29 is 9.53 Å². The van der Waals surface area contributed by atoms with E-state index in [2.05, 4.69) is 10.6 Å². The SMILES string of the molecule is COc1ccc(C)cc1NC(=O)NCCN(C)C. The molecule has 0 fully saturated rings. The smallest absolute Gasteiger partial charge is 0.319 e. The first kappa shape index (κ1) is 14.3. The Morgan fingerprint density at radius 3 is 2.72 bits per heavy atom. The van der Waals surface area contributed by atoms with Crippen LogP contribution >= 0.6 is 0 Å². The number of amides is 2. The first-order valence-corrected chi connectivity index (χ1v) is 5.87. The quantitative estimate of drug-likeness (QED) is 0.837. The van der Waals surface area contributed by atoms with E-state index in [9.17, 15) is 4.79 Å². The average Bonchev–Trinajstić information content (AvgIpc) is 2.28. The number of ether oxygens (including phenoxy) is 1. The number of hydrogen-bond acceptors (Lipinski definition) is 3. The van der Waals surface area contributed by atoms with Crippen molar-refractivity contribution in [1.29, 1.82) is 0 Å². The molecule has 0 aliphatic carbocycles. The van der Waals surface area contributed by atoms with Crippen molar-refractivity contribution in [1.82, 2.24) is 10.2 Å². The highest BCUT2D eigenvalue weighted by atomic mass is 16.5. The van der Waals surface area contributed by atoms with Gasteiger partial charge in [0.2, 0.25) is 0 Å². The fraction of sp³-hybridized carbons (Fsp3) is 0.462. The minimum absolute atomic E-state index is 0.222. The number of rotatable bonds is 5. The van der Waals surface area contributed by atoms with Crippen LogP contribution in [0.2, 0.25) is 0 Å². The molecule has 0 saturated heterocycles. The molecule has 0 bridgehead atoms. The molecule has 18 heavy (non-hydrogen) atoms. The molecule has 0 aliphatic heterocycles. The van der Waals surface area contributed by atoms with Crippen molar-refractivity contribution in [3.8, 4) is 5.75 Å². The summed E-state index contributed by atoms with van der Waals surface area (Å²) < 4.78 is 5.19. The molecule has 1 aromatic rings. The number of carbonyl (C=O) groups excluding carboxylic acids is 1. The fourth-order valence-corrected chi connectivity index (χ4v) is 1.48. The lowest BCUT2D eigenvalue weighted by Crippen LogP contribution is -2.34. The van der Waals surface area contributed by atoms with Gasteiger partial charge in [0.05, 0.1) is 12.8 Å². The van der Waals surface area contributed by atoms with Crippen LogP contribution in [0.15, 0.2) is 18.2 Å². The summed E-state index contributed by atoms with van der Waals surface area (Å²) in [6.45, 7) is 3.37. The summed E-state index contributed by atoms with van der Waals surface area (Å²) in [5.74, 6) is 0.656. The highest BCUT2D eigenvalue weighted by molar-refractivity contribution is 5.91. The normalized spacial score (nSPS) is 10.3. The second-order valence-electron chi connectivity index (χ2n) is 4.39. The summed E-state index contributed by atoms with van der Waals surface area (Å²) in [6, 6.07) is 5.43. The molecule has 0 heterocycles. The number of aryl methyl sites for hydroxylation is 1. The Kier molecular flexibility index (Phi) is 5.45. The van der Waals surface area contributed by atoms with E-state index in [1.54, 1.807) is 7.11 Å². The third kappa shape index (κ3) is 4.63. The van der Waals surface area contributed by atoms with Crippen LogP contribution in [0, 0.1) is 6.92 Å². The van der Waals surface area contributed by atoms with E-state index in [0.29, 0.717) is 18.0 Å². The van der Waals surface area contributed by atoms with Gasteiger partial charge in [0.25, 0.3) is 0 Å². The molecule has 2 amide bonds. The van der Waals surface area contributed by atoms with Crippen LogP contribution in [0.5, 0.6) is 5.75 Å². The van der Waals surface area contributed by atoms with E-state index in [0.717, 1.165) is 12.1 Å². The number of anilines is 1. The van der Waals surface area contributed by atoms with Gasteiger partial charge in [-0.2, -0.15) is 0 Å². The molecular weight excluding hydrogens is 230 g/mol. The van der Waals surface area contributed by atoms with Crippen LogP contribution in [0.3, 0.4) is 0 Å². The van der Waals surface area contributed by atoms with Gasteiger partial charge in [-0.1, -0.05) is 6.07 Å². The minimum Gasteiger partial charge on any atom is -0.495 e. The number of benzene rings is 1. The van der Waals surface area contributed by atoms with Gasteiger partial charge in [-0.3, -0.25) is 0 Å². The summed E-state index contributed by atoms with van der Waals surface area (Å²) in [7, 11) is 5.51. The standard InChI is InChI=1S/C13H21N3O2/c1-10-5-6-12(18-4)11(9-10)15-13(17)14-7-8-16(2)3/h5-6,9H,7-8H2,1-4H3,(H2,14,15,17). The summed E-state index contributed by atoms with van der Waals surface area (Å²) in [5, 5.41) is 5.57. The Labute approximate surface area is 108 Å². The zero-order chi connectivity index (χ0) is 13.5. The Bertz CT molecular complexity index is 405. The molecule has 0 unspecified atom stereocenters. The topological polar surface area (TPSA) is 53.6 Å². The molecule has 0 saturated carbocycles. The summed E-state index contributed by atoms with van der Waals surface area (Å²) in [6.07, 6.45) is 0. The molecule has 0 aromatic heterocycles. The Morgan fingerprint density at radius 1 is 1.39 bits per heavy atom. The number of methoxy groups -OCH3 is 1. The second-order valence-corrected chi connectivity index (χ2v) is 4.39. The monoisotopic (exact) mass is 251 g/mol. The molecule has 2 N–H and O–H groups in total. The zero-order valence-corrected chi connectivity index (χ0v) is 11.4. The van der Waals surface area contributed by atoms with Crippen molar-refractivity contribution in [2.45, 2.75) is 6.92 Å². The molecular formula is C13H21N3O2. The molecule has 0 atom stereocenters. The lowest BCUT2D eigenvalue weighted by atomic mass is 10.2. The van der Waals surface area contributed by atoms with Crippen molar-refractivity contribution in [2.75, 3.05) is 39.6 Å².